The number of alkyl halides is 1. The molecule has 0 aliphatic rings. The van der Waals surface area contributed by atoms with Crippen LogP contribution in [0.5, 0.6) is 0 Å². The van der Waals surface area contributed by atoms with Gasteiger partial charge in [0, 0.05) is 15.1 Å². The third-order valence-corrected chi connectivity index (χ3v) is 5.79. The van der Waals surface area contributed by atoms with Gasteiger partial charge in [-0.05, 0) is 71.3 Å². The van der Waals surface area contributed by atoms with E-state index in [4.69, 9.17) is 11.6 Å². The molecule has 2 aromatic rings. The zero-order valence-electron chi connectivity index (χ0n) is 11.4. The molecular weight excluding hydrogens is 421 g/mol. The van der Waals surface area contributed by atoms with Crippen LogP contribution < -0.4 is 4.72 Å². The fourth-order valence-corrected chi connectivity index (χ4v) is 3.60. The first kappa shape index (κ1) is 16.6. The second kappa shape index (κ2) is 6.98. The summed E-state index contributed by atoms with van der Waals surface area (Å²) in [5.74, 6) is 0.520. The lowest BCUT2D eigenvalue weighted by Crippen LogP contribution is -2.13. The van der Waals surface area contributed by atoms with Gasteiger partial charge in [-0.25, -0.2) is 8.42 Å². The molecule has 0 saturated heterocycles. The maximum Gasteiger partial charge on any atom is 0.261 e. The Labute approximate surface area is 143 Å². The Hall–Kier alpha value is -0.790. The SMILES string of the molecule is Cc1ccc(NS(=O)(=O)c2ccc(CCCl)cc2)cc1I. The molecule has 0 bridgehead atoms. The molecule has 0 radical (unpaired) electrons. The molecule has 0 fully saturated rings. The molecule has 21 heavy (non-hydrogen) atoms. The second-order valence-electron chi connectivity index (χ2n) is 4.65. The Balaban J connectivity index is 2.23. The van der Waals surface area contributed by atoms with Crippen LogP contribution in [-0.4, -0.2) is 14.3 Å². The van der Waals surface area contributed by atoms with Gasteiger partial charge in [0.25, 0.3) is 10.0 Å². The summed E-state index contributed by atoms with van der Waals surface area (Å²) in [6.07, 6.45) is 0.728. The van der Waals surface area contributed by atoms with E-state index in [2.05, 4.69) is 27.3 Å². The van der Waals surface area contributed by atoms with Crippen LogP contribution in [0.3, 0.4) is 0 Å². The van der Waals surface area contributed by atoms with Crippen molar-refractivity contribution in [2.45, 2.75) is 18.2 Å². The number of hydrogen-bond donors (Lipinski definition) is 1. The predicted octanol–water partition coefficient (Wildman–Crippen LogP) is 4.18. The molecule has 0 spiro atoms. The monoisotopic (exact) mass is 435 g/mol. The molecule has 0 aliphatic carbocycles. The first-order valence-corrected chi connectivity index (χ1v) is 9.46. The summed E-state index contributed by atoms with van der Waals surface area (Å²) in [5, 5.41) is 0. The Bertz CT molecular complexity index is 730. The van der Waals surface area contributed by atoms with Crippen LogP contribution in [0.4, 0.5) is 5.69 Å². The molecule has 3 nitrogen and oxygen atoms in total. The van der Waals surface area contributed by atoms with Gasteiger partial charge in [0.15, 0.2) is 0 Å². The first-order chi connectivity index (χ1) is 9.92. The average Bonchev–Trinajstić information content (AvgIpc) is 2.44. The van der Waals surface area contributed by atoms with Crippen LogP contribution in [0.1, 0.15) is 11.1 Å². The lowest BCUT2D eigenvalue weighted by atomic mass is 10.2. The van der Waals surface area contributed by atoms with Gasteiger partial charge >= 0.3 is 0 Å². The van der Waals surface area contributed by atoms with Gasteiger partial charge in [0.2, 0.25) is 0 Å². The maximum absolute atomic E-state index is 12.3. The van der Waals surface area contributed by atoms with E-state index in [1.165, 1.54) is 0 Å². The van der Waals surface area contributed by atoms with Gasteiger partial charge in [0.05, 0.1) is 4.90 Å². The van der Waals surface area contributed by atoms with E-state index < -0.39 is 10.0 Å². The van der Waals surface area contributed by atoms with Crippen molar-refractivity contribution >= 4 is 49.9 Å². The number of sulfonamides is 1. The Morgan fingerprint density at radius 2 is 1.81 bits per heavy atom. The van der Waals surface area contributed by atoms with E-state index in [-0.39, 0.29) is 4.90 Å². The summed E-state index contributed by atoms with van der Waals surface area (Å²) in [4.78, 5) is 0.247. The van der Waals surface area contributed by atoms with Crippen LogP contribution >= 0.6 is 34.2 Å². The van der Waals surface area contributed by atoms with Crippen molar-refractivity contribution < 1.29 is 8.42 Å². The lowest BCUT2D eigenvalue weighted by Gasteiger charge is -2.10. The van der Waals surface area contributed by atoms with Crippen molar-refractivity contribution in [3.8, 4) is 0 Å². The molecule has 0 amide bonds. The van der Waals surface area contributed by atoms with E-state index in [0.717, 1.165) is 21.1 Å². The number of anilines is 1. The maximum atomic E-state index is 12.3. The number of rotatable bonds is 5. The van der Waals surface area contributed by atoms with E-state index in [1.54, 1.807) is 30.3 Å². The molecule has 1 N–H and O–H groups in total. The van der Waals surface area contributed by atoms with Crippen molar-refractivity contribution in [3.05, 3.63) is 57.2 Å². The van der Waals surface area contributed by atoms with E-state index in [1.807, 2.05) is 19.1 Å². The minimum Gasteiger partial charge on any atom is -0.280 e. The second-order valence-corrected chi connectivity index (χ2v) is 7.87. The van der Waals surface area contributed by atoms with Crippen LogP contribution in [-0.2, 0) is 16.4 Å². The molecular formula is C15H15ClINO2S. The van der Waals surface area contributed by atoms with Gasteiger partial charge in [0.1, 0.15) is 0 Å². The molecule has 6 heteroatoms. The molecule has 2 aromatic carbocycles. The van der Waals surface area contributed by atoms with Crippen LogP contribution in [0.15, 0.2) is 47.4 Å². The lowest BCUT2D eigenvalue weighted by molar-refractivity contribution is 0.601. The number of nitrogens with one attached hydrogen (secondary N) is 1. The van der Waals surface area contributed by atoms with Gasteiger partial charge in [-0.2, -0.15) is 0 Å². The quantitative estimate of drug-likeness (QED) is 0.566. The highest BCUT2D eigenvalue weighted by atomic mass is 127. The minimum atomic E-state index is -3.56. The Kier molecular flexibility index (Phi) is 5.51. The first-order valence-electron chi connectivity index (χ1n) is 6.36. The summed E-state index contributed by atoms with van der Waals surface area (Å²) >= 11 is 7.85. The molecule has 112 valence electrons. The fraction of sp³-hybridized carbons (Fsp3) is 0.200. The fourth-order valence-electron chi connectivity index (χ4n) is 1.81. The van der Waals surface area contributed by atoms with E-state index in [9.17, 15) is 8.42 Å². The average molecular weight is 436 g/mol. The number of hydrogen-bond acceptors (Lipinski definition) is 2. The zero-order chi connectivity index (χ0) is 15.5. The number of halogens is 2. The van der Waals surface area contributed by atoms with Gasteiger partial charge in [-0.15, -0.1) is 11.6 Å². The summed E-state index contributed by atoms with van der Waals surface area (Å²) in [6, 6.07) is 12.2. The van der Waals surface area contributed by atoms with E-state index >= 15 is 0 Å². The molecule has 2 rings (SSSR count). The third-order valence-electron chi connectivity index (χ3n) is 3.04. The number of aryl methyl sites for hydroxylation is 2. The van der Waals surface area contributed by atoms with E-state index in [0.29, 0.717) is 11.6 Å². The predicted molar refractivity (Wildman–Crippen MR) is 95.6 cm³/mol. The molecule has 0 heterocycles. The van der Waals surface area contributed by atoms with Crippen molar-refractivity contribution in [2.24, 2.45) is 0 Å². The van der Waals surface area contributed by atoms with Crippen molar-refractivity contribution in [2.75, 3.05) is 10.6 Å². The van der Waals surface area contributed by atoms with Crippen molar-refractivity contribution in [1.82, 2.24) is 0 Å². The normalized spacial score (nSPS) is 11.4. The van der Waals surface area contributed by atoms with Crippen molar-refractivity contribution in [1.29, 1.82) is 0 Å². The molecule has 0 aliphatic heterocycles. The standard InChI is InChI=1S/C15H15ClINO2S/c1-11-2-5-13(10-15(11)17)18-21(19,20)14-6-3-12(4-7-14)8-9-16/h2-7,10,18H,8-9H2,1H3. The highest BCUT2D eigenvalue weighted by Crippen LogP contribution is 2.21. The van der Waals surface area contributed by atoms with Gasteiger partial charge in [-0.1, -0.05) is 18.2 Å². The minimum absolute atomic E-state index is 0.247. The van der Waals surface area contributed by atoms with Crippen LogP contribution in [0.25, 0.3) is 0 Å². The summed E-state index contributed by atoms with van der Waals surface area (Å²) in [5.41, 5.74) is 2.70. The summed E-state index contributed by atoms with van der Waals surface area (Å²) in [7, 11) is -3.56. The Morgan fingerprint density at radius 1 is 1.14 bits per heavy atom. The van der Waals surface area contributed by atoms with Crippen LogP contribution in [0, 0.1) is 10.5 Å². The number of benzene rings is 2. The highest BCUT2D eigenvalue weighted by molar-refractivity contribution is 14.1. The summed E-state index contributed by atoms with van der Waals surface area (Å²) in [6.45, 7) is 1.98. The van der Waals surface area contributed by atoms with Crippen molar-refractivity contribution in [3.63, 3.8) is 0 Å². The van der Waals surface area contributed by atoms with Gasteiger partial charge < -0.3 is 0 Å². The molecule has 0 unspecified atom stereocenters. The smallest absolute Gasteiger partial charge is 0.261 e. The highest BCUT2D eigenvalue weighted by Gasteiger charge is 2.14. The molecule has 0 aromatic heterocycles. The third kappa shape index (κ3) is 4.34. The van der Waals surface area contributed by atoms with Gasteiger partial charge in [-0.3, -0.25) is 4.72 Å². The zero-order valence-corrected chi connectivity index (χ0v) is 15.2. The molecule has 0 atom stereocenters. The Morgan fingerprint density at radius 3 is 2.38 bits per heavy atom. The largest absolute Gasteiger partial charge is 0.280 e. The topological polar surface area (TPSA) is 46.2 Å². The summed E-state index contributed by atoms with van der Waals surface area (Å²) < 4.78 is 28.3. The van der Waals surface area contributed by atoms with Crippen LogP contribution in [0.2, 0.25) is 0 Å². The molecule has 0 saturated carbocycles.